The van der Waals surface area contributed by atoms with Crippen LogP contribution in [0.1, 0.15) is 19.8 Å². The third-order valence-electron chi connectivity index (χ3n) is 2.37. The average molecular weight is 156 g/mol. The first kappa shape index (κ1) is 9.01. The average Bonchev–Trinajstić information content (AvgIpc) is 1.83. The van der Waals surface area contributed by atoms with E-state index in [4.69, 9.17) is 0 Å². The Hall–Kier alpha value is -0.0800. The quantitative estimate of drug-likeness (QED) is 0.651. The van der Waals surface area contributed by atoms with E-state index >= 15 is 0 Å². The second-order valence-corrected chi connectivity index (χ2v) is 4.03. The Morgan fingerprint density at radius 2 is 2.00 bits per heavy atom. The van der Waals surface area contributed by atoms with Gasteiger partial charge in [-0.05, 0) is 32.9 Å². The Morgan fingerprint density at radius 3 is 2.45 bits per heavy atom. The van der Waals surface area contributed by atoms with Crippen molar-refractivity contribution in [2.75, 3.05) is 27.2 Å². The van der Waals surface area contributed by atoms with E-state index in [1.54, 1.807) is 0 Å². The van der Waals surface area contributed by atoms with Crippen molar-refractivity contribution < 1.29 is 0 Å². The highest BCUT2D eigenvalue weighted by Gasteiger charge is 2.23. The fraction of sp³-hybridized carbons (Fsp3) is 1.00. The monoisotopic (exact) mass is 156 g/mol. The van der Waals surface area contributed by atoms with E-state index in [9.17, 15) is 0 Å². The molecule has 66 valence electrons. The summed E-state index contributed by atoms with van der Waals surface area (Å²) in [5.41, 5.74) is 0. The predicted octanol–water partition coefficient (Wildman–Crippen LogP) is 0.936. The highest BCUT2D eigenvalue weighted by Crippen LogP contribution is 2.25. The second-order valence-electron chi connectivity index (χ2n) is 4.03. The molecular formula is C9H20N2. The summed E-state index contributed by atoms with van der Waals surface area (Å²) in [6.07, 6.45) is 2.76. The third-order valence-corrected chi connectivity index (χ3v) is 2.37. The van der Waals surface area contributed by atoms with E-state index in [-0.39, 0.29) is 0 Å². The first-order valence-corrected chi connectivity index (χ1v) is 4.56. The van der Waals surface area contributed by atoms with Gasteiger partial charge in [-0.1, -0.05) is 6.92 Å². The lowest BCUT2D eigenvalue weighted by molar-refractivity contribution is 0.235. The predicted molar refractivity (Wildman–Crippen MR) is 48.7 cm³/mol. The third kappa shape index (κ3) is 3.21. The molecule has 0 spiro atoms. The number of nitrogens with one attached hydrogen (secondary N) is 1. The molecule has 0 unspecified atom stereocenters. The van der Waals surface area contributed by atoms with Gasteiger partial charge in [0.25, 0.3) is 0 Å². The maximum absolute atomic E-state index is 3.54. The van der Waals surface area contributed by atoms with Crippen LogP contribution in [-0.4, -0.2) is 38.1 Å². The minimum atomic E-state index is 0.824. The van der Waals surface area contributed by atoms with Gasteiger partial charge in [0, 0.05) is 19.1 Å². The van der Waals surface area contributed by atoms with Crippen molar-refractivity contribution in [3.63, 3.8) is 0 Å². The summed E-state index contributed by atoms with van der Waals surface area (Å²) in [5, 5.41) is 3.54. The Bertz CT molecular complexity index is 106. The molecule has 1 rings (SSSR count). The molecule has 1 saturated carbocycles. The van der Waals surface area contributed by atoms with Crippen LogP contribution in [-0.2, 0) is 0 Å². The molecule has 1 fully saturated rings. The Morgan fingerprint density at radius 1 is 1.36 bits per heavy atom. The minimum Gasteiger partial charge on any atom is -0.313 e. The molecule has 0 aromatic rings. The standard InChI is InChI=1S/C9H20N2/c1-8-6-9(7-8)10-4-5-11(2)3/h8-10H,4-7H2,1-3H3. The zero-order valence-corrected chi connectivity index (χ0v) is 7.93. The zero-order chi connectivity index (χ0) is 8.27. The lowest BCUT2D eigenvalue weighted by Crippen LogP contribution is -2.42. The van der Waals surface area contributed by atoms with Gasteiger partial charge in [0.2, 0.25) is 0 Å². The van der Waals surface area contributed by atoms with Crippen LogP contribution in [0.3, 0.4) is 0 Å². The summed E-state index contributed by atoms with van der Waals surface area (Å²) >= 11 is 0. The van der Waals surface area contributed by atoms with Gasteiger partial charge in [-0.25, -0.2) is 0 Å². The number of hydrogen-bond donors (Lipinski definition) is 1. The van der Waals surface area contributed by atoms with Crippen molar-refractivity contribution in [2.45, 2.75) is 25.8 Å². The molecule has 0 aromatic carbocycles. The van der Waals surface area contributed by atoms with Crippen molar-refractivity contribution in [3.05, 3.63) is 0 Å². The van der Waals surface area contributed by atoms with E-state index in [0.717, 1.165) is 25.0 Å². The van der Waals surface area contributed by atoms with E-state index < -0.39 is 0 Å². The molecule has 0 heterocycles. The summed E-state index contributed by atoms with van der Waals surface area (Å²) in [6, 6.07) is 0.824. The zero-order valence-electron chi connectivity index (χ0n) is 7.93. The highest BCUT2D eigenvalue weighted by atomic mass is 15.1. The number of hydrogen-bond acceptors (Lipinski definition) is 2. The largest absolute Gasteiger partial charge is 0.313 e. The number of nitrogens with zero attached hydrogens (tertiary/aromatic N) is 1. The van der Waals surface area contributed by atoms with Crippen LogP contribution in [0.2, 0.25) is 0 Å². The van der Waals surface area contributed by atoms with Crippen LogP contribution in [0.4, 0.5) is 0 Å². The van der Waals surface area contributed by atoms with Crippen molar-refractivity contribution in [1.29, 1.82) is 0 Å². The molecule has 0 bridgehead atoms. The summed E-state index contributed by atoms with van der Waals surface area (Å²) in [4.78, 5) is 2.22. The summed E-state index contributed by atoms with van der Waals surface area (Å²) < 4.78 is 0. The molecule has 1 aliphatic carbocycles. The first-order valence-electron chi connectivity index (χ1n) is 4.56. The van der Waals surface area contributed by atoms with Crippen molar-refractivity contribution in [1.82, 2.24) is 10.2 Å². The van der Waals surface area contributed by atoms with Gasteiger partial charge in [-0.3, -0.25) is 0 Å². The normalized spacial score (nSPS) is 30.5. The fourth-order valence-corrected chi connectivity index (χ4v) is 1.56. The van der Waals surface area contributed by atoms with Crippen molar-refractivity contribution in [2.24, 2.45) is 5.92 Å². The van der Waals surface area contributed by atoms with Gasteiger partial charge in [0.15, 0.2) is 0 Å². The maximum atomic E-state index is 3.54. The summed E-state index contributed by atoms with van der Waals surface area (Å²) in [7, 11) is 4.23. The summed E-state index contributed by atoms with van der Waals surface area (Å²) in [6.45, 7) is 4.62. The first-order chi connectivity index (χ1) is 5.18. The van der Waals surface area contributed by atoms with Crippen LogP contribution >= 0.6 is 0 Å². The van der Waals surface area contributed by atoms with Crippen LogP contribution in [0, 0.1) is 5.92 Å². The number of rotatable bonds is 4. The van der Waals surface area contributed by atoms with Crippen LogP contribution in [0.15, 0.2) is 0 Å². The fourth-order valence-electron chi connectivity index (χ4n) is 1.56. The lowest BCUT2D eigenvalue weighted by atomic mass is 9.82. The van der Waals surface area contributed by atoms with Gasteiger partial charge in [-0.2, -0.15) is 0 Å². The molecule has 0 aliphatic heterocycles. The molecule has 1 aliphatic rings. The summed E-state index contributed by atoms with van der Waals surface area (Å²) in [5.74, 6) is 0.965. The molecule has 2 nitrogen and oxygen atoms in total. The van der Waals surface area contributed by atoms with Crippen LogP contribution in [0.25, 0.3) is 0 Å². The maximum Gasteiger partial charge on any atom is 0.0101 e. The van der Waals surface area contributed by atoms with Gasteiger partial charge in [-0.15, -0.1) is 0 Å². The molecule has 0 saturated heterocycles. The topological polar surface area (TPSA) is 15.3 Å². The van der Waals surface area contributed by atoms with Gasteiger partial charge in [0.05, 0.1) is 0 Å². The van der Waals surface area contributed by atoms with Crippen molar-refractivity contribution >= 4 is 0 Å². The second kappa shape index (κ2) is 4.07. The van der Waals surface area contributed by atoms with Crippen LogP contribution in [0.5, 0.6) is 0 Å². The molecule has 0 atom stereocenters. The van der Waals surface area contributed by atoms with E-state index in [2.05, 4.69) is 31.2 Å². The lowest BCUT2D eigenvalue weighted by Gasteiger charge is -2.33. The molecule has 11 heavy (non-hydrogen) atoms. The van der Waals surface area contributed by atoms with E-state index in [1.165, 1.54) is 12.8 Å². The molecule has 0 radical (unpaired) electrons. The SMILES string of the molecule is CC1CC(NCCN(C)C)C1. The molecule has 2 heteroatoms. The van der Waals surface area contributed by atoms with Crippen LogP contribution < -0.4 is 5.32 Å². The molecular weight excluding hydrogens is 136 g/mol. The Balaban J connectivity index is 1.89. The minimum absolute atomic E-state index is 0.824. The molecule has 0 aromatic heterocycles. The number of likely N-dealkylation sites (N-methyl/N-ethyl adjacent to an activating group) is 1. The van der Waals surface area contributed by atoms with Crippen molar-refractivity contribution in [3.8, 4) is 0 Å². The van der Waals surface area contributed by atoms with E-state index in [0.29, 0.717) is 0 Å². The van der Waals surface area contributed by atoms with Gasteiger partial charge >= 0.3 is 0 Å². The Kier molecular flexibility index (Phi) is 3.34. The Labute approximate surface area is 70.0 Å². The molecule has 1 N–H and O–H groups in total. The van der Waals surface area contributed by atoms with Gasteiger partial charge < -0.3 is 10.2 Å². The van der Waals surface area contributed by atoms with E-state index in [1.807, 2.05) is 0 Å². The van der Waals surface area contributed by atoms with Gasteiger partial charge in [0.1, 0.15) is 0 Å². The highest BCUT2D eigenvalue weighted by molar-refractivity contribution is 4.82. The smallest absolute Gasteiger partial charge is 0.0101 e. The molecule has 0 amide bonds.